The second kappa shape index (κ2) is 6.69. The van der Waals surface area contributed by atoms with Crippen molar-refractivity contribution in [2.75, 3.05) is 17.9 Å². The summed E-state index contributed by atoms with van der Waals surface area (Å²) in [7, 11) is -1.33. The third kappa shape index (κ3) is 3.20. The van der Waals surface area contributed by atoms with Gasteiger partial charge in [0.25, 0.3) is 8.53 Å². The van der Waals surface area contributed by atoms with Crippen LogP contribution in [0, 0.1) is 0 Å². The van der Waals surface area contributed by atoms with Gasteiger partial charge in [-0.25, -0.2) is 0 Å². The molecule has 2 saturated heterocycles. The minimum absolute atomic E-state index is 0.108. The molecule has 5 rings (SSSR count). The van der Waals surface area contributed by atoms with Crippen LogP contribution in [0.4, 0.5) is 11.4 Å². The van der Waals surface area contributed by atoms with E-state index in [0.29, 0.717) is 13.2 Å². The summed E-state index contributed by atoms with van der Waals surface area (Å²) in [6.07, 6.45) is 4.07. The van der Waals surface area contributed by atoms with Crippen LogP contribution in [0.1, 0.15) is 25.0 Å². The summed E-state index contributed by atoms with van der Waals surface area (Å²) in [6, 6.07) is 16.6. The van der Waals surface area contributed by atoms with Gasteiger partial charge in [0.05, 0.1) is 24.6 Å². The van der Waals surface area contributed by atoms with Crippen LogP contribution in [0.25, 0.3) is 12.2 Å². The summed E-state index contributed by atoms with van der Waals surface area (Å²) >= 11 is 0. The van der Waals surface area contributed by atoms with Gasteiger partial charge < -0.3 is 18.5 Å². The molecule has 5 nitrogen and oxygen atoms in total. The van der Waals surface area contributed by atoms with Gasteiger partial charge in [-0.2, -0.15) is 0 Å². The van der Waals surface area contributed by atoms with E-state index in [0.717, 1.165) is 22.5 Å². The van der Waals surface area contributed by atoms with E-state index in [-0.39, 0.29) is 12.2 Å². The third-order valence-electron chi connectivity index (χ3n) is 4.92. The average Bonchev–Trinajstić information content (AvgIpc) is 2.79. The molecule has 3 heterocycles. The lowest BCUT2D eigenvalue weighted by Crippen LogP contribution is -2.27. The van der Waals surface area contributed by atoms with Gasteiger partial charge >= 0.3 is 0 Å². The molecule has 0 aliphatic carbocycles. The van der Waals surface area contributed by atoms with Crippen molar-refractivity contribution in [3.8, 4) is 0 Å². The topological polar surface area (TPSA) is 40.2 Å². The highest BCUT2D eigenvalue weighted by Gasteiger charge is 2.45. The Bertz CT molecular complexity index is 816. The van der Waals surface area contributed by atoms with Crippen molar-refractivity contribution in [3.05, 3.63) is 59.7 Å². The monoisotopic (exact) mass is 383 g/mol. The summed E-state index contributed by atoms with van der Waals surface area (Å²) in [5.41, 5.74) is 4.45. The number of hydrogen-bond donors (Lipinski definition) is 0. The summed E-state index contributed by atoms with van der Waals surface area (Å²) in [5.74, 6) is -0.589. The summed E-state index contributed by atoms with van der Waals surface area (Å²) in [4.78, 5) is 0. The Morgan fingerprint density at radius 3 is 1.81 bits per heavy atom. The van der Waals surface area contributed by atoms with Gasteiger partial charge in [0.1, 0.15) is 12.2 Å². The van der Waals surface area contributed by atoms with Crippen LogP contribution in [0.3, 0.4) is 0 Å². The van der Waals surface area contributed by atoms with Gasteiger partial charge in [0.15, 0.2) is 5.79 Å². The molecule has 2 atom stereocenters. The molecule has 0 bridgehead atoms. The molecule has 140 valence electrons. The zero-order chi connectivity index (χ0) is 18.4. The summed E-state index contributed by atoms with van der Waals surface area (Å²) < 4.78 is 26.7. The first kappa shape index (κ1) is 17.4. The molecule has 0 unspecified atom stereocenters. The highest BCUT2D eigenvalue weighted by atomic mass is 31.2. The molecule has 2 aromatic rings. The minimum atomic E-state index is -1.33. The SMILES string of the molecule is CC1(C)O[C@@H]2COP(N3c4ccccc4C=Cc4ccccc43)OC[C@H]2O1. The van der Waals surface area contributed by atoms with Crippen LogP contribution in [-0.2, 0) is 18.5 Å². The molecule has 0 N–H and O–H groups in total. The number of anilines is 2. The standard InChI is InChI=1S/C21H22NO4P/c1-21(2)25-19-13-23-27(24-14-20(19)26-21)22-17-9-5-3-7-15(17)11-12-16-8-4-6-10-18(16)22/h3-12,19-20H,13-14H2,1-2H3/t19-,20-/m1/s1. The predicted molar refractivity (Wildman–Crippen MR) is 107 cm³/mol. The first-order chi connectivity index (χ1) is 13.1. The van der Waals surface area contributed by atoms with Crippen molar-refractivity contribution < 1.29 is 18.5 Å². The smallest absolute Gasteiger partial charge is 0.295 e. The number of rotatable bonds is 1. The largest absolute Gasteiger partial charge is 0.342 e. The van der Waals surface area contributed by atoms with E-state index in [1.165, 1.54) is 0 Å². The van der Waals surface area contributed by atoms with Crippen molar-refractivity contribution in [2.24, 2.45) is 0 Å². The molecule has 0 amide bonds. The molecule has 3 aliphatic rings. The zero-order valence-corrected chi connectivity index (χ0v) is 16.3. The van der Waals surface area contributed by atoms with Crippen molar-refractivity contribution in [1.29, 1.82) is 0 Å². The molecule has 2 fully saturated rings. The Morgan fingerprint density at radius 1 is 0.815 bits per heavy atom. The summed E-state index contributed by atoms with van der Waals surface area (Å²) in [5, 5.41) is 0. The quantitative estimate of drug-likeness (QED) is 0.641. The molecule has 0 aromatic heterocycles. The molecular weight excluding hydrogens is 361 g/mol. The lowest BCUT2D eigenvalue weighted by atomic mass is 10.1. The van der Waals surface area contributed by atoms with E-state index in [4.69, 9.17) is 18.5 Å². The normalized spacial score (nSPS) is 26.7. The van der Waals surface area contributed by atoms with E-state index in [1.807, 2.05) is 38.1 Å². The first-order valence-corrected chi connectivity index (χ1v) is 10.3. The lowest BCUT2D eigenvalue weighted by Gasteiger charge is -2.32. The Balaban J connectivity index is 1.51. The first-order valence-electron chi connectivity index (χ1n) is 9.18. The summed E-state index contributed by atoms with van der Waals surface area (Å²) in [6.45, 7) is 4.76. The number of hydrogen-bond acceptors (Lipinski definition) is 5. The second-order valence-corrected chi connectivity index (χ2v) is 8.70. The van der Waals surface area contributed by atoms with Crippen molar-refractivity contribution >= 4 is 32.1 Å². The van der Waals surface area contributed by atoms with Gasteiger partial charge in [-0.05, 0) is 37.1 Å². The van der Waals surface area contributed by atoms with Gasteiger partial charge in [-0.3, -0.25) is 4.67 Å². The minimum Gasteiger partial charge on any atom is -0.342 e. The number of fused-ring (bicyclic) bond motifs is 3. The van der Waals surface area contributed by atoms with E-state index in [2.05, 4.69) is 41.1 Å². The van der Waals surface area contributed by atoms with E-state index in [9.17, 15) is 0 Å². The van der Waals surface area contributed by atoms with Crippen molar-refractivity contribution in [3.63, 3.8) is 0 Å². The van der Waals surface area contributed by atoms with Crippen LogP contribution in [0.2, 0.25) is 0 Å². The van der Waals surface area contributed by atoms with E-state index < -0.39 is 14.3 Å². The van der Waals surface area contributed by atoms with E-state index >= 15 is 0 Å². The van der Waals surface area contributed by atoms with Crippen molar-refractivity contribution in [2.45, 2.75) is 31.8 Å². The number of ether oxygens (including phenoxy) is 2. The number of benzene rings is 2. The van der Waals surface area contributed by atoms with Gasteiger partial charge in [0.2, 0.25) is 0 Å². The average molecular weight is 383 g/mol. The number of nitrogens with zero attached hydrogens (tertiary/aromatic N) is 1. The van der Waals surface area contributed by atoms with Crippen LogP contribution >= 0.6 is 8.53 Å². The van der Waals surface area contributed by atoms with Crippen LogP contribution in [0.15, 0.2) is 48.5 Å². The predicted octanol–water partition coefficient (Wildman–Crippen LogP) is 5.10. The lowest BCUT2D eigenvalue weighted by molar-refractivity contribution is -0.152. The zero-order valence-electron chi connectivity index (χ0n) is 15.4. The Labute approximate surface area is 160 Å². The Hall–Kier alpha value is -1.75. The molecule has 0 saturated carbocycles. The maximum Gasteiger partial charge on any atom is 0.295 e. The Morgan fingerprint density at radius 2 is 1.30 bits per heavy atom. The molecule has 3 aliphatic heterocycles. The molecule has 0 spiro atoms. The molecule has 0 radical (unpaired) electrons. The van der Waals surface area contributed by atoms with Gasteiger partial charge in [0, 0.05) is 0 Å². The number of para-hydroxylation sites is 2. The molecule has 6 heteroatoms. The van der Waals surface area contributed by atoms with Crippen LogP contribution in [0.5, 0.6) is 0 Å². The fraction of sp³-hybridized carbons (Fsp3) is 0.333. The third-order valence-corrected chi connectivity index (χ3v) is 6.42. The Kier molecular flexibility index (Phi) is 4.30. The molecule has 2 aromatic carbocycles. The van der Waals surface area contributed by atoms with Crippen LogP contribution in [-0.4, -0.2) is 31.2 Å². The fourth-order valence-corrected chi connectivity index (χ4v) is 5.32. The highest BCUT2D eigenvalue weighted by Crippen LogP contribution is 2.55. The molecular formula is C21H22NO4P. The second-order valence-electron chi connectivity index (χ2n) is 7.30. The fourth-order valence-electron chi connectivity index (χ4n) is 3.75. The van der Waals surface area contributed by atoms with E-state index in [1.54, 1.807) is 0 Å². The van der Waals surface area contributed by atoms with Crippen LogP contribution < -0.4 is 4.67 Å². The molecule has 27 heavy (non-hydrogen) atoms. The maximum atomic E-state index is 6.25. The van der Waals surface area contributed by atoms with Crippen molar-refractivity contribution in [1.82, 2.24) is 0 Å². The van der Waals surface area contributed by atoms with Gasteiger partial charge in [-0.15, -0.1) is 0 Å². The maximum absolute atomic E-state index is 6.25. The van der Waals surface area contributed by atoms with Gasteiger partial charge in [-0.1, -0.05) is 48.6 Å². The highest BCUT2D eigenvalue weighted by molar-refractivity contribution is 7.49.